The number of hydrogen-bond donors (Lipinski definition) is 4. The van der Waals surface area contributed by atoms with Crippen molar-refractivity contribution in [2.75, 3.05) is 0 Å². The first-order chi connectivity index (χ1) is 23.2. The van der Waals surface area contributed by atoms with Crippen molar-refractivity contribution in [1.82, 2.24) is 0 Å². The highest BCUT2D eigenvalue weighted by Crippen LogP contribution is 2.43. The van der Waals surface area contributed by atoms with E-state index in [4.69, 9.17) is 0 Å². The molecule has 0 atom stereocenters. The van der Waals surface area contributed by atoms with Crippen LogP contribution in [-0.2, 0) is 0 Å². The molecule has 0 unspecified atom stereocenters. The van der Waals surface area contributed by atoms with E-state index in [9.17, 15) is 39.6 Å². The van der Waals surface area contributed by atoms with Crippen molar-refractivity contribution in [3.05, 3.63) is 118 Å². The van der Waals surface area contributed by atoms with E-state index in [1.165, 1.54) is 37.8 Å². The Hall–Kier alpha value is -5.24. The van der Waals surface area contributed by atoms with Crippen LogP contribution in [0.15, 0.2) is 84.9 Å². The lowest BCUT2D eigenvalue weighted by molar-refractivity contribution is 0.0649. The first-order valence-corrected chi connectivity index (χ1v) is 16.6. The van der Waals surface area contributed by atoms with E-state index in [0.29, 0.717) is 22.6 Å². The van der Waals surface area contributed by atoms with Crippen LogP contribution in [0.3, 0.4) is 0 Å². The highest BCUT2D eigenvalue weighted by atomic mass is 16.4. The highest BCUT2D eigenvalue weighted by Gasteiger charge is 2.31. The Balaban J connectivity index is 0.000000188. The molecule has 2 aliphatic carbocycles. The minimum absolute atomic E-state index is 0.0531. The van der Waals surface area contributed by atoms with Crippen molar-refractivity contribution in [3.63, 3.8) is 0 Å². The van der Waals surface area contributed by atoms with Gasteiger partial charge >= 0.3 is 23.9 Å². The molecular weight excluding hydrogens is 608 g/mol. The summed E-state index contributed by atoms with van der Waals surface area (Å²) in [6.07, 6.45) is 11.1. The maximum atomic E-state index is 12.0. The molecule has 2 fully saturated rings. The van der Waals surface area contributed by atoms with E-state index in [2.05, 4.69) is 0 Å². The molecule has 4 aromatic carbocycles. The number of benzene rings is 4. The SMILES string of the molecule is O=C(O)c1ccc(-c2ccccc2)c(-c2ccccc2)c1C(=O)O.O=C(O)c1ccc(C2CCCCC2)c(C2CCCCC2)c1C(=O)O. The van der Waals surface area contributed by atoms with Gasteiger partial charge in [0, 0.05) is 5.56 Å². The Kier molecular flexibility index (Phi) is 11.1. The molecule has 8 heteroatoms. The van der Waals surface area contributed by atoms with Gasteiger partial charge in [0.05, 0.1) is 22.3 Å². The van der Waals surface area contributed by atoms with Crippen molar-refractivity contribution in [1.29, 1.82) is 0 Å². The fourth-order valence-electron chi connectivity index (χ4n) is 7.41. The van der Waals surface area contributed by atoms with Gasteiger partial charge in [0.25, 0.3) is 0 Å². The summed E-state index contributed by atoms with van der Waals surface area (Å²) < 4.78 is 0. The average molecular weight is 649 g/mol. The molecule has 0 heterocycles. The number of rotatable bonds is 8. The van der Waals surface area contributed by atoms with Gasteiger partial charge in [-0.3, -0.25) is 0 Å². The summed E-state index contributed by atoms with van der Waals surface area (Å²) in [6, 6.07) is 24.7. The first kappa shape index (κ1) is 34.1. The number of carboxylic acid groups (broad SMARTS) is 4. The minimum Gasteiger partial charge on any atom is -0.478 e. The molecule has 4 N–H and O–H groups in total. The first-order valence-electron chi connectivity index (χ1n) is 16.6. The lowest BCUT2D eigenvalue weighted by Crippen LogP contribution is -2.20. The van der Waals surface area contributed by atoms with Gasteiger partial charge < -0.3 is 20.4 Å². The van der Waals surface area contributed by atoms with Crippen molar-refractivity contribution in [2.24, 2.45) is 0 Å². The van der Waals surface area contributed by atoms with E-state index < -0.39 is 23.9 Å². The fraction of sp³-hybridized carbons (Fsp3) is 0.300. The Morgan fingerprint density at radius 1 is 0.458 bits per heavy atom. The molecule has 2 aliphatic rings. The van der Waals surface area contributed by atoms with Crippen LogP contribution in [0.4, 0.5) is 0 Å². The van der Waals surface area contributed by atoms with Gasteiger partial charge in [-0.05, 0) is 77.5 Å². The second-order valence-corrected chi connectivity index (χ2v) is 12.5. The van der Waals surface area contributed by atoms with Gasteiger partial charge in [-0.2, -0.15) is 0 Å². The number of carboxylic acids is 4. The van der Waals surface area contributed by atoms with Crippen LogP contribution in [0.25, 0.3) is 22.3 Å². The van der Waals surface area contributed by atoms with Crippen molar-refractivity contribution < 1.29 is 39.6 Å². The second-order valence-electron chi connectivity index (χ2n) is 12.5. The predicted molar refractivity (Wildman–Crippen MR) is 183 cm³/mol. The monoisotopic (exact) mass is 648 g/mol. The molecule has 8 nitrogen and oxygen atoms in total. The molecule has 6 rings (SSSR count). The number of hydrogen-bond acceptors (Lipinski definition) is 4. The van der Waals surface area contributed by atoms with Crippen LogP contribution in [0.1, 0.15) is 129 Å². The molecule has 0 radical (unpaired) electrons. The lowest BCUT2D eigenvalue weighted by atomic mass is 9.73. The van der Waals surface area contributed by atoms with E-state index in [0.717, 1.165) is 55.2 Å². The molecule has 0 amide bonds. The highest BCUT2D eigenvalue weighted by molar-refractivity contribution is 6.09. The number of carbonyl (C=O) groups is 4. The van der Waals surface area contributed by atoms with Crippen LogP contribution in [-0.4, -0.2) is 44.3 Å². The molecule has 0 saturated heterocycles. The summed E-state index contributed by atoms with van der Waals surface area (Å²) in [5.74, 6) is -4.17. The van der Waals surface area contributed by atoms with E-state index >= 15 is 0 Å². The fourth-order valence-corrected chi connectivity index (χ4v) is 7.41. The van der Waals surface area contributed by atoms with E-state index in [1.807, 2.05) is 42.5 Å². The summed E-state index contributed by atoms with van der Waals surface area (Å²) in [7, 11) is 0. The Morgan fingerprint density at radius 2 is 0.917 bits per heavy atom. The topological polar surface area (TPSA) is 149 Å². The van der Waals surface area contributed by atoms with Gasteiger partial charge in [0.1, 0.15) is 0 Å². The number of aromatic carboxylic acids is 4. The van der Waals surface area contributed by atoms with Crippen LogP contribution in [0, 0.1) is 0 Å². The molecular formula is C40H40O8. The second kappa shape index (κ2) is 15.6. The minimum atomic E-state index is -1.26. The summed E-state index contributed by atoms with van der Waals surface area (Å²) >= 11 is 0. The quantitative estimate of drug-likeness (QED) is 0.148. The normalized spacial score (nSPS) is 15.2. The van der Waals surface area contributed by atoms with Gasteiger partial charge in [0.2, 0.25) is 0 Å². The van der Waals surface area contributed by atoms with Crippen molar-refractivity contribution in [3.8, 4) is 22.3 Å². The van der Waals surface area contributed by atoms with Crippen LogP contribution in [0.2, 0.25) is 0 Å². The Labute approximate surface area is 279 Å². The molecule has 0 bridgehead atoms. The third-order valence-electron chi connectivity index (χ3n) is 9.58. The molecule has 0 spiro atoms. The molecule has 4 aromatic rings. The van der Waals surface area contributed by atoms with Crippen LogP contribution in [0.5, 0.6) is 0 Å². The zero-order valence-corrected chi connectivity index (χ0v) is 26.7. The maximum absolute atomic E-state index is 12.0. The standard InChI is InChI=1S/C20H26O4.C20H14O4/c2*21-19(22)16-12-11-15(13-7-3-1-4-8-13)17(18(16)20(23)24)14-9-5-2-6-10-14/h11-14H,1-10H2,(H,21,22)(H,23,24);1-12H,(H,21,22)(H,23,24). The maximum Gasteiger partial charge on any atom is 0.337 e. The van der Waals surface area contributed by atoms with Gasteiger partial charge in [-0.1, -0.05) is 111 Å². The van der Waals surface area contributed by atoms with Gasteiger partial charge in [-0.15, -0.1) is 0 Å². The van der Waals surface area contributed by atoms with Gasteiger partial charge in [-0.25, -0.2) is 19.2 Å². The van der Waals surface area contributed by atoms with Crippen molar-refractivity contribution in [2.45, 2.75) is 76.0 Å². The predicted octanol–water partition coefficient (Wildman–Crippen LogP) is 9.60. The zero-order chi connectivity index (χ0) is 34.2. The Bertz CT molecular complexity index is 1780. The molecule has 0 aromatic heterocycles. The Morgan fingerprint density at radius 3 is 1.42 bits per heavy atom. The van der Waals surface area contributed by atoms with Crippen molar-refractivity contribution >= 4 is 23.9 Å². The third-order valence-corrected chi connectivity index (χ3v) is 9.58. The summed E-state index contributed by atoms with van der Waals surface area (Å²) in [4.78, 5) is 46.9. The third kappa shape index (κ3) is 7.49. The largest absolute Gasteiger partial charge is 0.478 e. The lowest BCUT2D eigenvalue weighted by Gasteiger charge is -2.31. The summed E-state index contributed by atoms with van der Waals surface area (Å²) in [5.41, 5.74) is 4.13. The average Bonchev–Trinajstić information content (AvgIpc) is 3.12. The smallest absolute Gasteiger partial charge is 0.337 e. The van der Waals surface area contributed by atoms with E-state index in [1.54, 1.807) is 30.3 Å². The molecule has 2 saturated carbocycles. The van der Waals surface area contributed by atoms with Gasteiger partial charge in [0.15, 0.2) is 0 Å². The van der Waals surface area contributed by atoms with E-state index in [-0.39, 0.29) is 28.2 Å². The summed E-state index contributed by atoms with van der Waals surface area (Å²) in [6.45, 7) is 0. The van der Waals surface area contributed by atoms with Crippen LogP contribution < -0.4 is 0 Å². The zero-order valence-electron chi connectivity index (χ0n) is 26.7. The summed E-state index contributed by atoms with van der Waals surface area (Å²) in [5, 5.41) is 38.3. The molecule has 48 heavy (non-hydrogen) atoms. The molecule has 248 valence electrons. The van der Waals surface area contributed by atoms with Crippen LogP contribution >= 0.6 is 0 Å². The molecule has 0 aliphatic heterocycles.